The van der Waals surface area contributed by atoms with Crippen LogP contribution in [0, 0.1) is 11.2 Å². The summed E-state index contributed by atoms with van der Waals surface area (Å²) in [7, 11) is 0. The zero-order chi connectivity index (χ0) is 13.8. The molecule has 1 aromatic carbocycles. The van der Waals surface area contributed by atoms with E-state index in [-0.39, 0.29) is 11.2 Å². The summed E-state index contributed by atoms with van der Waals surface area (Å²) >= 11 is 3.29. The molecule has 1 unspecified atom stereocenters. The molecule has 0 bridgehead atoms. The second kappa shape index (κ2) is 6.67. The smallest absolute Gasteiger partial charge is 0.127 e. The maximum absolute atomic E-state index is 13.9. The Morgan fingerprint density at radius 1 is 1.39 bits per heavy atom. The van der Waals surface area contributed by atoms with E-state index in [0.29, 0.717) is 6.04 Å². The molecular weight excluding hydrogens is 293 g/mol. The normalized spacial score (nSPS) is 14.8. The van der Waals surface area contributed by atoms with Crippen LogP contribution in [-0.4, -0.2) is 12.6 Å². The number of halogens is 2. The topological polar surface area (TPSA) is 12.0 Å². The molecule has 1 N–H and O–H groups in total. The summed E-state index contributed by atoms with van der Waals surface area (Å²) < 4.78 is 14.7. The standard InChI is InChI=1S/C15H23BrFN/c1-5-15(4,10-18-11(2)3)9-12-6-7-13(16)8-14(12)17/h6-8,11,18H,5,9-10H2,1-4H3. The van der Waals surface area contributed by atoms with Gasteiger partial charge in [-0.05, 0) is 36.0 Å². The van der Waals surface area contributed by atoms with Gasteiger partial charge in [-0.3, -0.25) is 0 Å². The van der Waals surface area contributed by atoms with Crippen molar-refractivity contribution in [2.75, 3.05) is 6.54 Å². The number of rotatable bonds is 6. The maximum Gasteiger partial charge on any atom is 0.127 e. The zero-order valence-electron chi connectivity index (χ0n) is 11.7. The summed E-state index contributed by atoms with van der Waals surface area (Å²) in [5.74, 6) is -0.117. The van der Waals surface area contributed by atoms with Crippen molar-refractivity contribution in [1.29, 1.82) is 0 Å². The first-order valence-corrected chi connectivity index (χ1v) is 7.33. The van der Waals surface area contributed by atoms with Crippen LogP contribution >= 0.6 is 15.9 Å². The van der Waals surface area contributed by atoms with Gasteiger partial charge in [0.25, 0.3) is 0 Å². The van der Waals surface area contributed by atoms with Crippen LogP contribution in [0.1, 0.15) is 39.7 Å². The Morgan fingerprint density at radius 2 is 2.06 bits per heavy atom. The predicted octanol–water partition coefficient (Wildman–Crippen LogP) is 4.55. The molecule has 1 atom stereocenters. The third-order valence-corrected chi connectivity index (χ3v) is 3.92. The highest BCUT2D eigenvalue weighted by Gasteiger charge is 2.24. The van der Waals surface area contributed by atoms with E-state index in [9.17, 15) is 4.39 Å². The van der Waals surface area contributed by atoms with Crippen LogP contribution in [0.2, 0.25) is 0 Å². The van der Waals surface area contributed by atoms with Gasteiger partial charge < -0.3 is 5.32 Å². The van der Waals surface area contributed by atoms with Gasteiger partial charge in [0.05, 0.1) is 0 Å². The Labute approximate surface area is 118 Å². The summed E-state index contributed by atoms with van der Waals surface area (Å²) in [5, 5.41) is 3.46. The van der Waals surface area contributed by atoms with Crippen LogP contribution in [0.15, 0.2) is 22.7 Å². The van der Waals surface area contributed by atoms with Crippen LogP contribution in [0.4, 0.5) is 4.39 Å². The Balaban J connectivity index is 2.77. The summed E-state index contributed by atoms with van der Waals surface area (Å²) in [6.07, 6.45) is 1.80. The molecule has 0 heterocycles. The lowest BCUT2D eigenvalue weighted by Crippen LogP contribution is -2.37. The van der Waals surface area contributed by atoms with Gasteiger partial charge in [-0.25, -0.2) is 4.39 Å². The highest BCUT2D eigenvalue weighted by Crippen LogP contribution is 2.28. The molecule has 0 radical (unpaired) electrons. The van der Waals surface area contributed by atoms with E-state index in [4.69, 9.17) is 0 Å². The van der Waals surface area contributed by atoms with Crippen molar-refractivity contribution < 1.29 is 4.39 Å². The lowest BCUT2D eigenvalue weighted by Gasteiger charge is -2.30. The van der Waals surface area contributed by atoms with Crippen LogP contribution in [-0.2, 0) is 6.42 Å². The average Bonchev–Trinajstić information content (AvgIpc) is 2.30. The first kappa shape index (κ1) is 15.6. The van der Waals surface area contributed by atoms with Gasteiger partial charge in [0.15, 0.2) is 0 Å². The molecule has 1 nitrogen and oxygen atoms in total. The van der Waals surface area contributed by atoms with E-state index in [1.165, 1.54) is 0 Å². The van der Waals surface area contributed by atoms with Gasteiger partial charge in [-0.2, -0.15) is 0 Å². The van der Waals surface area contributed by atoms with Crippen LogP contribution < -0.4 is 5.32 Å². The third kappa shape index (κ3) is 4.69. The quantitative estimate of drug-likeness (QED) is 0.812. The van der Waals surface area contributed by atoms with Crippen molar-refractivity contribution in [3.63, 3.8) is 0 Å². The first-order valence-electron chi connectivity index (χ1n) is 6.53. The van der Waals surface area contributed by atoms with E-state index >= 15 is 0 Å². The van der Waals surface area contributed by atoms with Gasteiger partial charge in [-0.1, -0.05) is 49.7 Å². The van der Waals surface area contributed by atoms with E-state index in [1.807, 2.05) is 12.1 Å². The van der Waals surface area contributed by atoms with Gasteiger partial charge in [0, 0.05) is 17.1 Å². The summed E-state index contributed by atoms with van der Waals surface area (Å²) in [4.78, 5) is 0. The predicted molar refractivity (Wildman–Crippen MR) is 79.3 cm³/mol. The fourth-order valence-electron chi connectivity index (χ4n) is 1.89. The van der Waals surface area contributed by atoms with E-state index in [1.54, 1.807) is 6.07 Å². The minimum atomic E-state index is -0.117. The minimum Gasteiger partial charge on any atom is -0.314 e. The monoisotopic (exact) mass is 315 g/mol. The zero-order valence-corrected chi connectivity index (χ0v) is 13.3. The molecule has 0 saturated heterocycles. The largest absolute Gasteiger partial charge is 0.314 e. The molecule has 0 aliphatic carbocycles. The van der Waals surface area contributed by atoms with E-state index in [2.05, 4.69) is 48.9 Å². The number of hydrogen-bond acceptors (Lipinski definition) is 1. The van der Waals surface area contributed by atoms with Crippen molar-refractivity contribution in [3.05, 3.63) is 34.1 Å². The molecule has 0 saturated carbocycles. The minimum absolute atomic E-state index is 0.0962. The molecule has 1 aromatic rings. The van der Waals surface area contributed by atoms with Crippen molar-refractivity contribution >= 4 is 15.9 Å². The number of nitrogens with one attached hydrogen (secondary N) is 1. The molecule has 0 fully saturated rings. The maximum atomic E-state index is 13.9. The molecule has 0 spiro atoms. The summed E-state index contributed by atoms with van der Waals surface area (Å²) in [6.45, 7) is 9.56. The van der Waals surface area contributed by atoms with Crippen LogP contribution in [0.3, 0.4) is 0 Å². The van der Waals surface area contributed by atoms with Crippen molar-refractivity contribution in [3.8, 4) is 0 Å². The van der Waals surface area contributed by atoms with Crippen molar-refractivity contribution in [2.24, 2.45) is 5.41 Å². The second-order valence-electron chi connectivity index (χ2n) is 5.61. The highest BCUT2D eigenvalue weighted by atomic mass is 79.9. The lowest BCUT2D eigenvalue weighted by atomic mass is 9.81. The molecule has 0 amide bonds. The molecule has 0 aliphatic rings. The fourth-order valence-corrected chi connectivity index (χ4v) is 2.22. The van der Waals surface area contributed by atoms with Gasteiger partial charge in [-0.15, -0.1) is 0 Å². The summed E-state index contributed by atoms with van der Waals surface area (Å²) in [6, 6.07) is 5.79. The highest BCUT2D eigenvalue weighted by molar-refractivity contribution is 9.10. The van der Waals surface area contributed by atoms with Crippen LogP contribution in [0.5, 0.6) is 0 Å². The number of benzene rings is 1. The molecular formula is C15H23BrFN. The number of hydrogen-bond donors (Lipinski definition) is 1. The SMILES string of the molecule is CCC(C)(CNC(C)C)Cc1ccc(Br)cc1F. The third-order valence-electron chi connectivity index (χ3n) is 3.42. The Bertz CT molecular complexity index is 392. The lowest BCUT2D eigenvalue weighted by molar-refractivity contribution is 0.278. The molecule has 0 aliphatic heterocycles. The Hall–Kier alpha value is -0.410. The second-order valence-corrected chi connectivity index (χ2v) is 6.53. The first-order chi connectivity index (χ1) is 8.36. The van der Waals surface area contributed by atoms with Crippen molar-refractivity contribution in [1.82, 2.24) is 5.32 Å². The molecule has 0 aromatic heterocycles. The molecule has 102 valence electrons. The van der Waals surface area contributed by atoms with Crippen molar-refractivity contribution in [2.45, 2.75) is 46.6 Å². The van der Waals surface area contributed by atoms with E-state index < -0.39 is 0 Å². The summed E-state index contributed by atoms with van der Waals surface area (Å²) in [5.41, 5.74) is 0.895. The average molecular weight is 316 g/mol. The Morgan fingerprint density at radius 3 is 2.56 bits per heavy atom. The Kier molecular flexibility index (Phi) is 5.80. The van der Waals surface area contributed by atoms with Crippen LogP contribution in [0.25, 0.3) is 0 Å². The van der Waals surface area contributed by atoms with Gasteiger partial charge >= 0.3 is 0 Å². The van der Waals surface area contributed by atoms with E-state index in [0.717, 1.165) is 29.4 Å². The fraction of sp³-hybridized carbons (Fsp3) is 0.600. The van der Waals surface area contributed by atoms with Gasteiger partial charge in [0.1, 0.15) is 5.82 Å². The van der Waals surface area contributed by atoms with Gasteiger partial charge in [0.2, 0.25) is 0 Å². The molecule has 3 heteroatoms. The molecule has 18 heavy (non-hydrogen) atoms. The molecule has 1 rings (SSSR count).